The van der Waals surface area contributed by atoms with Crippen molar-refractivity contribution in [1.29, 1.82) is 0 Å². The molecule has 0 amide bonds. The molecule has 0 aliphatic heterocycles. The van der Waals surface area contributed by atoms with Crippen LogP contribution in [0.1, 0.15) is 17.6 Å². The number of nitrogens with zero attached hydrogens (tertiary/aromatic N) is 2. The Labute approximate surface area is 118 Å². The third-order valence-corrected chi connectivity index (χ3v) is 3.57. The molecule has 1 unspecified atom stereocenters. The highest BCUT2D eigenvalue weighted by molar-refractivity contribution is 9.10. The second kappa shape index (κ2) is 4.83. The Hall–Kier alpha value is -1.59. The van der Waals surface area contributed by atoms with Gasteiger partial charge in [0.25, 0.3) is 0 Å². The summed E-state index contributed by atoms with van der Waals surface area (Å²) in [6, 6.07) is 11.5. The van der Waals surface area contributed by atoms with E-state index in [1.807, 2.05) is 36.0 Å². The lowest BCUT2D eigenvalue weighted by Crippen LogP contribution is -2.02. The van der Waals surface area contributed by atoms with E-state index in [2.05, 4.69) is 21.0 Å². The number of rotatable bonds is 3. The number of hydrogen-bond acceptors (Lipinski definition) is 3. The Balaban J connectivity index is 1.93. The van der Waals surface area contributed by atoms with Gasteiger partial charge >= 0.3 is 0 Å². The summed E-state index contributed by atoms with van der Waals surface area (Å²) in [4.78, 5) is 0. The third-order valence-electron chi connectivity index (χ3n) is 3.14. The van der Waals surface area contributed by atoms with Gasteiger partial charge in [-0.25, -0.2) is 0 Å². The zero-order chi connectivity index (χ0) is 13.4. The molecule has 1 atom stereocenters. The molecular weight excluding hydrogens is 308 g/mol. The van der Waals surface area contributed by atoms with Crippen LogP contribution in [0.2, 0.25) is 0 Å². The maximum absolute atomic E-state index is 10.2. The zero-order valence-electron chi connectivity index (χ0n) is 10.4. The van der Waals surface area contributed by atoms with Crippen molar-refractivity contribution in [2.45, 2.75) is 12.5 Å². The van der Waals surface area contributed by atoms with E-state index in [-0.39, 0.29) is 0 Å². The Bertz CT molecular complexity index is 717. The number of aliphatic hydroxyl groups is 1. The van der Waals surface area contributed by atoms with Crippen molar-refractivity contribution < 1.29 is 9.52 Å². The number of fused-ring (bicyclic) bond motifs is 1. The van der Waals surface area contributed by atoms with Gasteiger partial charge in [0, 0.05) is 18.9 Å². The molecule has 4 nitrogen and oxygen atoms in total. The summed E-state index contributed by atoms with van der Waals surface area (Å²) in [5.74, 6) is 0.543. The van der Waals surface area contributed by atoms with Crippen LogP contribution >= 0.6 is 15.9 Å². The van der Waals surface area contributed by atoms with E-state index in [4.69, 9.17) is 4.42 Å². The van der Waals surface area contributed by atoms with Gasteiger partial charge in [-0.1, -0.05) is 18.2 Å². The Morgan fingerprint density at radius 3 is 2.84 bits per heavy atom. The lowest BCUT2D eigenvalue weighted by atomic mass is 10.1. The molecule has 0 aliphatic carbocycles. The molecule has 3 rings (SSSR count). The molecule has 0 aliphatic rings. The normalized spacial score (nSPS) is 13.0. The van der Waals surface area contributed by atoms with E-state index in [1.54, 1.807) is 12.1 Å². The predicted molar refractivity (Wildman–Crippen MR) is 75.8 cm³/mol. The first-order chi connectivity index (χ1) is 9.15. The molecule has 19 heavy (non-hydrogen) atoms. The van der Waals surface area contributed by atoms with Crippen LogP contribution in [0.25, 0.3) is 10.9 Å². The fraction of sp³-hybridized carbons (Fsp3) is 0.214. The molecule has 1 N–H and O–H groups in total. The molecule has 5 heteroatoms. The first-order valence-electron chi connectivity index (χ1n) is 5.99. The molecule has 1 aromatic carbocycles. The maximum Gasteiger partial charge on any atom is 0.169 e. The number of hydrogen-bond donors (Lipinski definition) is 1. The standard InChI is InChI=1S/C14H13BrN2O2/c1-17-11-5-3-2-4-9(11)10(16-17)8-12(18)13-6-7-14(15)19-13/h2-7,12,18H,8H2,1H3. The van der Waals surface area contributed by atoms with Gasteiger partial charge < -0.3 is 9.52 Å². The van der Waals surface area contributed by atoms with Crippen molar-refractivity contribution in [2.75, 3.05) is 0 Å². The molecule has 2 heterocycles. The molecule has 0 bridgehead atoms. The minimum Gasteiger partial charge on any atom is -0.452 e. The first kappa shape index (κ1) is 12.4. The van der Waals surface area contributed by atoms with Gasteiger partial charge in [0.1, 0.15) is 11.9 Å². The maximum atomic E-state index is 10.2. The van der Waals surface area contributed by atoms with Crippen molar-refractivity contribution >= 4 is 26.8 Å². The number of benzene rings is 1. The van der Waals surface area contributed by atoms with Gasteiger partial charge in [-0.15, -0.1) is 0 Å². The van der Waals surface area contributed by atoms with Crippen molar-refractivity contribution in [3.63, 3.8) is 0 Å². The Morgan fingerprint density at radius 2 is 2.11 bits per heavy atom. The number of halogens is 1. The van der Waals surface area contributed by atoms with Gasteiger partial charge in [-0.2, -0.15) is 5.10 Å². The van der Waals surface area contributed by atoms with Crippen molar-refractivity contribution in [1.82, 2.24) is 9.78 Å². The second-order valence-electron chi connectivity index (χ2n) is 4.45. The fourth-order valence-electron chi connectivity index (χ4n) is 2.23. The van der Waals surface area contributed by atoms with Gasteiger partial charge in [-0.05, 0) is 34.1 Å². The monoisotopic (exact) mass is 320 g/mol. The van der Waals surface area contributed by atoms with Crippen molar-refractivity contribution in [3.05, 3.63) is 52.5 Å². The lowest BCUT2D eigenvalue weighted by Gasteiger charge is -2.05. The summed E-state index contributed by atoms with van der Waals surface area (Å²) in [6.45, 7) is 0. The van der Waals surface area contributed by atoms with Gasteiger partial charge in [0.15, 0.2) is 4.67 Å². The van der Waals surface area contributed by atoms with E-state index in [9.17, 15) is 5.11 Å². The largest absolute Gasteiger partial charge is 0.452 e. The average Bonchev–Trinajstić information content (AvgIpc) is 2.96. The summed E-state index contributed by atoms with van der Waals surface area (Å²) >= 11 is 3.23. The smallest absolute Gasteiger partial charge is 0.169 e. The highest BCUT2D eigenvalue weighted by Gasteiger charge is 2.17. The molecule has 0 saturated heterocycles. The zero-order valence-corrected chi connectivity index (χ0v) is 12.0. The summed E-state index contributed by atoms with van der Waals surface area (Å²) < 4.78 is 7.82. The van der Waals surface area contributed by atoms with Crippen LogP contribution in [0, 0.1) is 0 Å². The number of para-hydroxylation sites is 1. The molecule has 2 aromatic heterocycles. The summed E-state index contributed by atoms with van der Waals surface area (Å²) in [5.41, 5.74) is 1.93. The number of aromatic nitrogens is 2. The van der Waals surface area contributed by atoms with E-state index < -0.39 is 6.10 Å². The number of furan rings is 1. The number of aryl methyl sites for hydroxylation is 1. The lowest BCUT2D eigenvalue weighted by molar-refractivity contribution is 0.148. The van der Waals surface area contributed by atoms with Crippen molar-refractivity contribution in [2.24, 2.45) is 7.05 Å². The summed E-state index contributed by atoms with van der Waals surface area (Å²) in [7, 11) is 1.90. The van der Waals surface area contributed by atoms with Crippen LogP contribution in [0.15, 0.2) is 45.5 Å². The van der Waals surface area contributed by atoms with Crippen molar-refractivity contribution in [3.8, 4) is 0 Å². The molecule has 0 saturated carbocycles. The average molecular weight is 321 g/mol. The van der Waals surface area contributed by atoms with Crippen LogP contribution in [0.5, 0.6) is 0 Å². The van der Waals surface area contributed by atoms with E-state index in [0.29, 0.717) is 16.9 Å². The van der Waals surface area contributed by atoms with Gasteiger partial charge in [-0.3, -0.25) is 4.68 Å². The highest BCUT2D eigenvalue weighted by Crippen LogP contribution is 2.26. The SMILES string of the molecule is Cn1nc(CC(O)c2ccc(Br)o2)c2ccccc21. The highest BCUT2D eigenvalue weighted by atomic mass is 79.9. The Morgan fingerprint density at radius 1 is 1.32 bits per heavy atom. The Kier molecular flexibility index (Phi) is 3.16. The molecular formula is C14H13BrN2O2. The topological polar surface area (TPSA) is 51.2 Å². The van der Waals surface area contributed by atoms with E-state index in [1.165, 1.54) is 0 Å². The first-order valence-corrected chi connectivity index (χ1v) is 6.78. The minimum atomic E-state index is -0.690. The van der Waals surface area contributed by atoms with E-state index >= 15 is 0 Å². The fourth-order valence-corrected chi connectivity index (χ4v) is 2.55. The van der Waals surface area contributed by atoms with E-state index in [0.717, 1.165) is 16.6 Å². The minimum absolute atomic E-state index is 0.432. The van der Waals surface area contributed by atoms with Crippen LogP contribution in [0.3, 0.4) is 0 Å². The third kappa shape index (κ3) is 2.31. The molecule has 0 spiro atoms. The van der Waals surface area contributed by atoms with Crippen LogP contribution < -0.4 is 0 Å². The molecule has 0 fully saturated rings. The summed E-state index contributed by atoms with van der Waals surface area (Å²) in [6.07, 6.45) is -0.258. The molecule has 3 aromatic rings. The van der Waals surface area contributed by atoms with Gasteiger partial charge in [0.05, 0.1) is 11.2 Å². The molecule has 0 radical (unpaired) electrons. The quantitative estimate of drug-likeness (QED) is 0.806. The number of aliphatic hydroxyl groups excluding tert-OH is 1. The predicted octanol–water partition coefficient (Wildman–Crippen LogP) is 3.20. The second-order valence-corrected chi connectivity index (χ2v) is 5.23. The molecule has 98 valence electrons. The van der Waals surface area contributed by atoms with Crippen LogP contribution in [0.4, 0.5) is 0 Å². The van der Waals surface area contributed by atoms with Gasteiger partial charge in [0.2, 0.25) is 0 Å². The van der Waals surface area contributed by atoms with Crippen LogP contribution in [-0.4, -0.2) is 14.9 Å². The van der Waals surface area contributed by atoms with Crippen LogP contribution in [-0.2, 0) is 13.5 Å². The summed E-state index contributed by atoms with van der Waals surface area (Å²) in [5, 5.41) is 15.7.